The van der Waals surface area contributed by atoms with Gasteiger partial charge in [-0.05, 0) is 44.8 Å². The summed E-state index contributed by atoms with van der Waals surface area (Å²) in [5.74, 6) is 0. The fourth-order valence-electron chi connectivity index (χ4n) is 1.43. The first-order valence-corrected chi connectivity index (χ1v) is 5.30. The molecule has 0 saturated carbocycles. The molecule has 0 spiro atoms. The molecule has 0 amide bonds. The van der Waals surface area contributed by atoms with Crippen LogP contribution in [-0.4, -0.2) is 0 Å². The van der Waals surface area contributed by atoms with Gasteiger partial charge < -0.3 is 10.8 Å². The number of nitrogens with two attached hydrogens (primary N) is 1. The van der Waals surface area contributed by atoms with E-state index in [0.717, 1.165) is 11.4 Å². The number of hydrogen-bond acceptors (Lipinski definition) is 2. The van der Waals surface area contributed by atoms with Gasteiger partial charge in [-0.25, -0.2) is 0 Å². The molecule has 1 unspecified atom stereocenters. The molecule has 0 aliphatic rings. The second-order valence-electron chi connectivity index (χ2n) is 3.34. The van der Waals surface area contributed by atoms with E-state index >= 15 is 0 Å². The number of nitrogen functional groups attached to an aromatic ring is 1. The zero-order valence-corrected chi connectivity index (χ0v) is 9.43. The third kappa shape index (κ3) is 2.28. The Kier molecular flexibility index (Phi) is 2.89. The monoisotopic (exact) mass is 216 g/mol. The lowest BCUT2D eigenvalue weighted by Crippen LogP contribution is -1.84. The van der Waals surface area contributed by atoms with Crippen molar-refractivity contribution in [2.75, 3.05) is 10.8 Å². The van der Waals surface area contributed by atoms with E-state index in [9.17, 15) is 0 Å². The minimum absolute atomic E-state index is 0.794. The second kappa shape index (κ2) is 4.33. The highest BCUT2D eigenvalue weighted by Gasteiger charge is 1.96. The lowest BCUT2D eigenvalue weighted by molar-refractivity contribution is 1.61. The molecule has 2 rings (SSSR count). The van der Waals surface area contributed by atoms with Crippen LogP contribution in [0.1, 0.15) is 0 Å². The molecule has 1 atom stereocenters. The Morgan fingerprint density at radius 3 is 1.73 bits per heavy atom. The third-order valence-corrected chi connectivity index (χ3v) is 2.63. The summed E-state index contributed by atoms with van der Waals surface area (Å²) in [5, 5.41) is 3.01. The van der Waals surface area contributed by atoms with E-state index in [2.05, 4.69) is 26.6 Å². The van der Waals surface area contributed by atoms with Crippen LogP contribution < -0.4 is 10.8 Å². The molecule has 0 aliphatic heterocycles. The van der Waals surface area contributed by atoms with Crippen molar-refractivity contribution >= 4 is 20.8 Å². The van der Waals surface area contributed by atoms with Crippen LogP contribution in [0, 0.1) is 0 Å². The minimum Gasteiger partial charge on any atom is -0.399 e. The van der Waals surface area contributed by atoms with Crippen molar-refractivity contribution in [2.24, 2.45) is 0 Å². The highest BCUT2D eigenvalue weighted by Crippen LogP contribution is 2.22. The average molecular weight is 216 g/mol. The molecular formula is C12H13N2P. The molecule has 0 heterocycles. The van der Waals surface area contributed by atoms with Crippen molar-refractivity contribution in [2.45, 2.75) is 0 Å². The molecule has 0 radical (unpaired) electrons. The molecule has 2 aromatic rings. The number of benzene rings is 2. The number of nitrogens with one attached hydrogen (secondary N) is 1. The first-order chi connectivity index (χ1) is 7.29. The molecule has 15 heavy (non-hydrogen) atoms. The van der Waals surface area contributed by atoms with Gasteiger partial charge in [0.15, 0.2) is 0 Å². The molecule has 76 valence electrons. The first kappa shape index (κ1) is 10.0. The van der Waals surface area contributed by atoms with Crippen LogP contribution in [-0.2, 0) is 0 Å². The van der Waals surface area contributed by atoms with E-state index in [1.165, 1.54) is 11.1 Å². The van der Waals surface area contributed by atoms with E-state index in [1.54, 1.807) is 0 Å². The van der Waals surface area contributed by atoms with Crippen LogP contribution in [0.25, 0.3) is 11.1 Å². The predicted molar refractivity (Wildman–Crippen MR) is 69.6 cm³/mol. The van der Waals surface area contributed by atoms with Crippen molar-refractivity contribution in [3.8, 4) is 11.1 Å². The van der Waals surface area contributed by atoms with E-state index in [0.29, 0.717) is 0 Å². The lowest BCUT2D eigenvalue weighted by atomic mass is 10.1. The van der Waals surface area contributed by atoms with Gasteiger partial charge in [-0.1, -0.05) is 24.3 Å². The van der Waals surface area contributed by atoms with E-state index in [4.69, 9.17) is 5.73 Å². The summed E-state index contributed by atoms with van der Waals surface area (Å²) in [6, 6.07) is 16.1. The molecular weight excluding hydrogens is 203 g/mol. The Morgan fingerprint density at radius 2 is 1.27 bits per heavy atom. The Morgan fingerprint density at radius 1 is 0.800 bits per heavy atom. The SMILES string of the molecule is Nc1ccc(-c2ccc(NP)cc2)cc1. The quantitative estimate of drug-likeness (QED) is 0.597. The highest BCUT2D eigenvalue weighted by atomic mass is 31.0. The van der Waals surface area contributed by atoms with Crippen molar-refractivity contribution in [1.29, 1.82) is 0 Å². The summed E-state index contributed by atoms with van der Waals surface area (Å²) in [5.41, 5.74) is 9.89. The molecule has 0 bridgehead atoms. The Hall–Kier alpha value is -1.53. The van der Waals surface area contributed by atoms with Crippen molar-refractivity contribution in [3.05, 3.63) is 48.5 Å². The molecule has 3 heteroatoms. The van der Waals surface area contributed by atoms with Crippen LogP contribution in [0.3, 0.4) is 0 Å². The maximum atomic E-state index is 5.64. The van der Waals surface area contributed by atoms with Crippen molar-refractivity contribution in [1.82, 2.24) is 0 Å². The molecule has 3 N–H and O–H groups in total. The van der Waals surface area contributed by atoms with Gasteiger partial charge in [-0.3, -0.25) is 0 Å². The molecule has 0 fully saturated rings. The van der Waals surface area contributed by atoms with Crippen LogP contribution in [0.2, 0.25) is 0 Å². The molecule has 2 nitrogen and oxygen atoms in total. The van der Waals surface area contributed by atoms with Crippen LogP contribution in [0.4, 0.5) is 11.4 Å². The van der Waals surface area contributed by atoms with Crippen LogP contribution >= 0.6 is 9.39 Å². The highest BCUT2D eigenvalue weighted by molar-refractivity contribution is 7.18. The van der Waals surface area contributed by atoms with Crippen molar-refractivity contribution in [3.63, 3.8) is 0 Å². The Labute approximate surface area is 91.8 Å². The maximum Gasteiger partial charge on any atom is 0.0369 e. The zero-order chi connectivity index (χ0) is 10.7. The summed E-state index contributed by atoms with van der Waals surface area (Å²) in [6.07, 6.45) is 0. The van der Waals surface area contributed by atoms with Gasteiger partial charge in [0.1, 0.15) is 0 Å². The van der Waals surface area contributed by atoms with Gasteiger partial charge in [0.05, 0.1) is 0 Å². The minimum atomic E-state index is 0.794. The van der Waals surface area contributed by atoms with Gasteiger partial charge in [0, 0.05) is 11.4 Å². The summed E-state index contributed by atoms with van der Waals surface area (Å²) < 4.78 is 0. The van der Waals surface area contributed by atoms with Crippen molar-refractivity contribution < 1.29 is 0 Å². The Bertz CT molecular complexity index is 434. The normalized spacial score (nSPS) is 9.93. The van der Waals surface area contributed by atoms with Crippen LogP contribution in [0.15, 0.2) is 48.5 Å². The third-order valence-electron chi connectivity index (χ3n) is 2.30. The maximum absolute atomic E-state index is 5.64. The second-order valence-corrected chi connectivity index (χ2v) is 3.63. The topological polar surface area (TPSA) is 38.0 Å². The predicted octanol–water partition coefficient (Wildman–Crippen LogP) is 3.14. The summed E-state index contributed by atoms with van der Waals surface area (Å²) in [7, 11) is 2.48. The van der Waals surface area contributed by atoms with E-state index in [1.807, 2.05) is 36.4 Å². The zero-order valence-electron chi connectivity index (χ0n) is 8.27. The smallest absolute Gasteiger partial charge is 0.0369 e. The summed E-state index contributed by atoms with van der Waals surface area (Å²) in [4.78, 5) is 0. The molecule has 0 aliphatic carbocycles. The first-order valence-electron chi connectivity index (χ1n) is 4.72. The average Bonchev–Trinajstić information content (AvgIpc) is 2.30. The number of hydrogen-bond donors (Lipinski definition) is 2. The molecule has 2 aromatic carbocycles. The van der Waals surface area contributed by atoms with Gasteiger partial charge in [-0.15, -0.1) is 0 Å². The fraction of sp³-hybridized carbons (Fsp3) is 0. The fourth-order valence-corrected chi connectivity index (χ4v) is 1.63. The summed E-state index contributed by atoms with van der Waals surface area (Å²) in [6.45, 7) is 0. The van der Waals surface area contributed by atoms with E-state index < -0.39 is 0 Å². The van der Waals surface area contributed by atoms with Gasteiger partial charge >= 0.3 is 0 Å². The lowest BCUT2D eigenvalue weighted by Gasteiger charge is -2.04. The Balaban J connectivity index is 2.33. The number of anilines is 2. The largest absolute Gasteiger partial charge is 0.399 e. The van der Waals surface area contributed by atoms with Gasteiger partial charge in [0.25, 0.3) is 0 Å². The van der Waals surface area contributed by atoms with E-state index in [-0.39, 0.29) is 0 Å². The van der Waals surface area contributed by atoms with Gasteiger partial charge in [-0.2, -0.15) is 0 Å². The standard InChI is InChI=1S/C12H13N2P/c13-11-5-1-9(2-6-11)10-3-7-12(14-15)8-4-10/h1-8,14H,13,15H2. The van der Waals surface area contributed by atoms with Gasteiger partial charge in [0.2, 0.25) is 0 Å². The molecule has 0 saturated heterocycles. The molecule has 0 aromatic heterocycles. The van der Waals surface area contributed by atoms with Crippen LogP contribution in [0.5, 0.6) is 0 Å². The summed E-state index contributed by atoms with van der Waals surface area (Å²) >= 11 is 0. The number of rotatable bonds is 2.